The normalized spacial score (nSPS) is 10.5. The van der Waals surface area contributed by atoms with Crippen LogP contribution in [0.1, 0.15) is 5.56 Å². The topological polar surface area (TPSA) is 105 Å². The first-order chi connectivity index (χ1) is 12.5. The SMILES string of the molecule is Cc1ccc(OCC(=O)NNC(=O)Cn2c(=O)[nH]c3ccccc32)cc1. The number of nitrogens with zero attached hydrogens (tertiary/aromatic N) is 1. The molecule has 134 valence electrons. The summed E-state index contributed by atoms with van der Waals surface area (Å²) < 4.78 is 6.61. The molecule has 0 spiro atoms. The lowest BCUT2D eigenvalue weighted by atomic mass is 10.2. The average Bonchev–Trinajstić information content (AvgIpc) is 2.95. The molecule has 0 bridgehead atoms. The Bertz CT molecular complexity index is 988. The van der Waals surface area contributed by atoms with Crippen molar-refractivity contribution in [2.24, 2.45) is 0 Å². The van der Waals surface area contributed by atoms with E-state index in [2.05, 4.69) is 15.8 Å². The van der Waals surface area contributed by atoms with Crippen molar-refractivity contribution in [3.63, 3.8) is 0 Å². The number of carbonyl (C=O) groups excluding carboxylic acids is 2. The molecule has 8 heteroatoms. The van der Waals surface area contributed by atoms with Gasteiger partial charge in [-0.2, -0.15) is 0 Å². The molecule has 3 rings (SSSR count). The Hall–Kier alpha value is -3.55. The van der Waals surface area contributed by atoms with Crippen LogP contribution in [0.2, 0.25) is 0 Å². The molecule has 0 aliphatic carbocycles. The Morgan fingerprint density at radius 3 is 2.50 bits per heavy atom. The summed E-state index contributed by atoms with van der Waals surface area (Å²) in [6.07, 6.45) is 0. The number of hydrogen-bond donors (Lipinski definition) is 3. The number of imidazole rings is 1. The molecule has 0 fully saturated rings. The molecule has 1 aromatic heterocycles. The van der Waals surface area contributed by atoms with E-state index < -0.39 is 17.5 Å². The molecule has 0 radical (unpaired) electrons. The van der Waals surface area contributed by atoms with Crippen LogP contribution in [-0.2, 0) is 16.1 Å². The maximum Gasteiger partial charge on any atom is 0.326 e. The summed E-state index contributed by atoms with van der Waals surface area (Å²) in [6, 6.07) is 14.3. The fraction of sp³-hybridized carbons (Fsp3) is 0.167. The second-order valence-corrected chi connectivity index (χ2v) is 5.73. The highest BCUT2D eigenvalue weighted by Gasteiger charge is 2.11. The molecule has 0 unspecified atom stereocenters. The minimum absolute atomic E-state index is 0.220. The summed E-state index contributed by atoms with van der Waals surface area (Å²) in [5, 5.41) is 0. The predicted octanol–water partition coefficient (Wildman–Crippen LogP) is 0.864. The molecule has 1 heterocycles. The third-order valence-corrected chi connectivity index (χ3v) is 3.72. The number of nitrogens with one attached hydrogen (secondary N) is 3. The highest BCUT2D eigenvalue weighted by Crippen LogP contribution is 2.11. The van der Waals surface area contributed by atoms with Crippen LogP contribution in [0.15, 0.2) is 53.3 Å². The number of aromatic nitrogens is 2. The highest BCUT2D eigenvalue weighted by atomic mass is 16.5. The van der Waals surface area contributed by atoms with Gasteiger partial charge in [0.1, 0.15) is 12.3 Å². The van der Waals surface area contributed by atoms with E-state index in [0.717, 1.165) is 5.56 Å². The van der Waals surface area contributed by atoms with E-state index in [1.54, 1.807) is 36.4 Å². The molecule has 3 aromatic rings. The molecular formula is C18H18N4O4. The molecule has 0 aliphatic heterocycles. The Morgan fingerprint density at radius 1 is 1.04 bits per heavy atom. The van der Waals surface area contributed by atoms with E-state index in [1.807, 2.05) is 19.1 Å². The summed E-state index contributed by atoms with van der Waals surface area (Å²) >= 11 is 0. The Labute approximate surface area is 148 Å². The maximum absolute atomic E-state index is 12.0. The van der Waals surface area contributed by atoms with Crippen LogP contribution in [-0.4, -0.2) is 28.0 Å². The average molecular weight is 354 g/mol. The molecule has 0 saturated carbocycles. The largest absolute Gasteiger partial charge is 0.484 e. The van der Waals surface area contributed by atoms with Gasteiger partial charge in [0.25, 0.3) is 11.8 Å². The summed E-state index contributed by atoms with van der Waals surface area (Å²) in [6.45, 7) is 1.49. The van der Waals surface area contributed by atoms with Crippen molar-refractivity contribution in [1.29, 1.82) is 0 Å². The quantitative estimate of drug-likeness (QED) is 0.591. The number of rotatable bonds is 5. The van der Waals surface area contributed by atoms with E-state index in [-0.39, 0.29) is 13.2 Å². The van der Waals surface area contributed by atoms with Gasteiger partial charge in [-0.15, -0.1) is 0 Å². The summed E-state index contributed by atoms with van der Waals surface area (Å²) in [7, 11) is 0. The van der Waals surface area contributed by atoms with Gasteiger partial charge in [0, 0.05) is 0 Å². The molecule has 3 N–H and O–H groups in total. The smallest absolute Gasteiger partial charge is 0.326 e. The zero-order chi connectivity index (χ0) is 18.5. The Balaban J connectivity index is 1.50. The number of ether oxygens (including phenoxy) is 1. The van der Waals surface area contributed by atoms with Crippen LogP contribution >= 0.6 is 0 Å². The van der Waals surface area contributed by atoms with E-state index >= 15 is 0 Å². The number of amides is 2. The molecule has 0 atom stereocenters. The van der Waals surface area contributed by atoms with Crippen molar-refractivity contribution in [1.82, 2.24) is 20.4 Å². The fourth-order valence-electron chi connectivity index (χ4n) is 2.41. The van der Waals surface area contributed by atoms with Gasteiger partial charge in [-0.25, -0.2) is 4.79 Å². The molecule has 26 heavy (non-hydrogen) atoms. The van der Waals surface area contributed by atoms with E-state index in [1.165, 1.54) is 4.57 Å². The number of carbonyl (C=O) groups is 2. The van der Waals surface area contributed by atoms with Gasteiger partial charge in [0.2, 0.25) is 0 Å². The van der Waals surface area contributed by atoms with Crippen LogP contribution in [0.25, 0.3) is 11.0 Å². The molecule has 0 aliphatic rings. The fourth-order valence-corrected chi connectivity index (χ4v) is 2.41. The lowest BCUT2D eigenvalue weighted by Gasteiger charge is -2.09. The van der Waals surface area contributed by atoms with Crippen molar-refractivity contribution < 1.29 is 14.3 Å². The monoisotopic (exact) mass is 354 g/mol. The Kier molecular flexibility index (Phi) is 5.02. The third kappa shape index (κ3) is 4.10. The van der Waals surface area contributed by atoms with Crippen molar-refractivity contribution in [2.75, 3.05) is 6.61 Å². The number of hydrazine groups is 1. The number of fused-ring (bicyclic) bond motifs is 1. The molecule has 2 amide bonds. The van der Waals surface area contributed by atoms with Gasteiger partial charge < -0.3 is 9.72 Å². The van der Waals surface area contributed by atoms with Gasteiger partial charge >= 0.3 is 5.69 Å². The van der Waals surface area contributed by atoms with Crippen molar-refractivity contribution in [3.8, 4) is 5.75 Å². The number of H-pyrrole nitrogens is 1. The summed E-state index contributed by atoms with van der Waals surface area (Å²) in [5.74, 6) is -0.479. The van der Waals surface area contributed by atoms with E-state index in [0.29, 0.717) is 16.8 Å². The number of aromatic amines is 1. The zero-order valence-electron chi connectivity index (χ0n) is 14.1. The first-order valence-corrected chi connectivity index (χ1v) is 7.97. The van der Waals surface area contributed by atoms with Crippen molar-refractivity contribution in [2.45, 2.75) is 13.5 Å². The van der Waals surface area contributed by atoms with Crippen molar-refractivity contribution >= 4 is 22.8 Å². The molecule has 8 nitrogen and oxygen atoms in total. The third-order valence-electron chi connectivity index (χ3n) is 3.72. The Morgan fingerprint density at radius 2 is 1.73 bits per heavy atom. The van der Waals surface area contributed by atoms with Crippen LogP contribution in [0.4, 0.5) is 0 Å². The molecule has 2 aromatic carbocycles. The standard InChI is InChI=1S/C18H18N4O4/c1-12-6-8-13(9-7-12)26-11-17(24)21-20-16(23)10-22-15-5-3-2-4-14(15)19-18(22)25/h2-9H,10-11H2,1H3,(H,19,25)(H,20,23)(H,21,24). The van der Waals surface area contributed by atoms with Gasteiger partial charge in [-0.1, -0.05) is 29.8 Å². The highest BCUT2D eigenvalue weighted by molar-refractivity contribution is 5.84. The van der Waals surface area contributed by atoms with Crippen LogP contribution in [0.3, 0.4) is 0 Å². The molecular weight excluding hydrogens is 336 g/mol. The zero-order valence-corrected chi connectivity index (χ0v) is 14.1. The minimum atomic E-state index is -0.527. The predicted molar refractivity (Wildman–Crippen MR) is 95.5 cm³/mol. The maximum atomic E-state index is 12.0. The number of aryl methyl sites for hydroxylation is 1. The van der Waals surface area contributed by atoms with Gasteiger partial charge in [-0.05, 0) is 31.2 Å². The van der Waals surface area contributed by atoms with Crippen LogP contribution < -0.4 is 21.3 Å². The van der Waals surface area contributed by atoms with Gasteiger partial charge in [-0.3, -0.25) is 25.0 Å². The van der Waals surface area contributed by atoms with Gasteiger partial charge in [0.15, 0.2) is 6.61 Å². The van der Waals surface area contributed by atoms with Crippen molar-refractivity contribution in [3.05, 3.63) is 64.6 Å². The van der Waals surface area contributed by atoms with E-state index in [4.69, 9.17) is 4.74 Å². The lowest BCUT2D eigenvalue weighted by molar-refractivity contribution is -0.130. The number of para-hydroxylation sites is 2. The molecule has 0 saturated heterocycles. The van der Waals surface area contributed by atoms with Crippen LogP contribution in [0, 0.1) is 6.92 Å². The van der Waals surface area contributed by atoms with E-state index in [9.17, 15) is 14.4 Å². The lowest BCUT2D eigenvalue weighted by Crippen LogP contribution is -2.45. The summed E-state index contributed by atoms with van der Waals surface area (Å²) in [4.78, 5) is 38.3. The first-order valence-electron chi connectivity index (χ1n) is 7.97. The second kappa shape index (κ2) is 7.56. The number of benzene rings is 2. The second-order valence-electron chi connectivity index (χ2n) is 5.73. The number of hydrogen-bond acceptors (Lipinski definition) is 4. The summed E-state index contributed by atoms with van der Waals surface area (Å²) in [5.41, 5.74) is 6.46. The van der Waals surface area contributed by atoms with Gasteiger partial charge in [0.05, 0.1) is 11.0 Å². The first kappa shape index (κ1) is 17.3. The van der Waals surface area contributed by atoms with Crippen LogP contribution in [0.5, 0.6) is 5.75 Å². The minimum Gasteiger partial charge on any atom is -0.484 e.